The van der Waals surface area contributed by atoms with E-state index in [1.54, 1.807) is 26.2 Å². The number of hydrogen-bond donors (Lipinski definition) is 4. The highest BCUT2D eigenvalue weighted by molar-refractivity contribution is 6.41. The van der Waals surface area contributed by atoms with Gasteiger partial charge in [-0.05, 0) is 49.6 Å². The first-order valence-corrected chi connectivity index (χ1v) is 12.5. The third-order valence-electron chi connectivity index (χ3n) is 7.84. The number of aromatic amines is 1. The summed E-state index contributed by atoms with van der Waals surface area (Å²) in [5.74, 6) is 1.01. The molecule has 1 unspecified atom stereocenters. The number of carbonyl (C=O) groups excluding carboxylic acids is 1. The molecule has 1 spiro atoms. The van der Waals surface area contributed by atoms with Gasteiger partial charge >= 0.3 is 0 Å². The van der Waals surface area contributed by atoms with Gasteiger partial charge in [0.2, 0.25) is 0 Å². The van der Waals surface area contributed by atoms with Crippen LogP contribution in [0, 0.1) is 5.41 Å². The van der Waals surface area contributed by atoms with Crippen molar-refractivity contribution in [3.63, 3.8) is 0 Å². The number of nitrogens with zero attached hydrogens (tertiary/aromatic N) is 4. The highest BCUT2D eigenvalue weighted by atomic mass is 16.3. The lowest BCUT2D eigenvalue weighted by Crippen LogP contribution is -2.82. The zero-order valence-corrected chi connectivity index (χ0v) is 20.9. The van der Waals surface area contributed by atoms with Gasteiger partial charge in [0, 0.05) is 57.4 Å². The Labute approximate surface area is 206 Å². The number of carbonyl (C=O) groups is 1. The van der Waals surface area contributed by atoms with Crippen molar-refractivity contribution in [2.75, 3.05) is 45.7 Å². The number of amides is 1. The number of phenols is 1. The molecule has 1 saturated heterocycles. The van der Waals surface area contributed by atoms with Gasteiger partial charge in [0.25, 0.3) is 5.91 Å². The van der Waals surface area contributed by atoms with Crippen LogP contribution in [0.25, 0.3) is 0 Å². The van der Waals surface area contributed by atoms with Crippen molar-refractivity contribution >= 4 is 17.4 Å². The first kappa shape index (κ1) is 23.6. The van der Waals surface area contributed by atoms with Crippen molar-refractivity contribution in [3.05, 3.63) is 52.4 Å². The number of nitrogens with one attached hydrogen (secondary N) is 2. The van der Waals surface area contributed by atoms with Gasteiger partial charge in [-0.3, -0.25) is 20.2 Å². The molecular formula is C26H36N7O2+. The average Bonchev–Trinajstić information content (AvgIpc) is 3.08. The van der Waals surface area contributed by atoms with Crippen LogP contribution in [0.3, 0.4) is 0 Å². The number of quaternary nitrogens is 1. The van der Waals surface area contributed by atoms with Gasteiger partial charge < -0.3 is 20.2 Å². The number of aryl methyl sites for hydroxylation is 1. The minimum atomic E-state index is -0.287. The number of H-pyrrole nitrogens is 1. The summed E-state index contributed by atoms with van der Waals surface area (Å²) >= 11 is 0. The number of hydrogen-bond acceptors (Lipinski definition) is 6. The Hall–Kier alpha value is -3.17. The van der Waals surface area contributed by atoms with E-state index in [4.69, 9.17) is 10.5 Å². The Morgan fingerprint density at radius 2 is 2.14 bits per heavy atom. The first-order chi connectivity index (χ1) is 16.8. The molecule has 0 bridgehead atoms. The Morgan fingerprint density at radius 3 is 2.94 bits per heavy atom. The van der Waals surface area contributed by atoms with E-state index >= 15 is 0 Å². The number of fused-ring (bicyclic) bond motifs is 3. The second kappa shape index (κ2) is 9.13. The Kier molecular flexibility index (Phi) is 6.14. The number of aromatic hydroxyl groups is 1. The number of nitrogens with two attached hydrogens (primary N) is 1. The molecule has 9 heteroatoms. The zero-order chi connectivity index (χ0) is 24.7. The van der Waals surface area contributed by atoms with Crippen molar-refractivity contribution in [3.8, 4) is 5.75 Å². The largest absolute Gasteiger partial charge is 0.508 e. The van der Waals surface area contributed by atoms with Crippen molar-refractivity contribution < 1.29 is 15.2 Å². The summed E-state index contributed by atoms with van der Waals surface area (Å²) in [5.41, 5.74) is 5.82. The van der Waals surface area contributed by atoms with Gasteiger partial charge in [-0.15, -0.1) is 0 Å². The standard InChI is InChI=1S/C26H35N7O2/c1-31(2)25(35)22(27)12-18-15-33(11-5-10-28-18)24-20-16-32(3)26(14-23(20)29-30-24)9-4-6-17-7-8-19(34)13-21(17)26/h7-8,12-13,27-28,34H,4-6,9-11,14-16H2,1-3H3,(H,29,30)/p+1/b18-12-,27-22?. The molecule has 2 aliphatic heterocycles. The van der Waals surface area contributed by atoms with E-state index in [0.717, 1.165) is 63.3 Å². The molecule has 1 aliphatic carbocycles. The van der Waals surface area contributed by atoms with E-state index in [2.05, 4.69) is 33.3 Å². The molecule has 5 N–H and O–H groups in total. The summed E-state index contributed by atoms with van der Waals surface area (Å²) in [6.45, 7) is 3.21. The fraction of sp³-hybridized carbons (Fsp3) is 0.500. The molecule has 35 heavy (non-hydrogen) atoms. The SMILES string of the molecule is CN(C)C(=O)C(=N)/C=C1/CN(c2n[nH]c3c2CN(C)C2(CCCc4ccc(O)cc42)C3)CCC[NH2+]1. The minimum Gasteiger partial charge on any atom is -0.508 e. The van der Waals surface area contributed by atoms with Crippen LogP contribution in [0.2, 0.25) is 0 Å². The summed E-state index contributed by atoms with van der Waals surface area (Å²) < 4.78 is 0. The Bertz CT molecular complexity index is 1180. The Balaban J connectivity index is 1.43. The van der Waals surface area contributed by atoms with E-state index < -0.39 is 0 Å². The van der Waals surface area contributed by atoms with Gasteiger partial charge in [0.05, 0.1) is 18.6 Å². The lowest BCUT2D eigenvalue weighted by atomic mass is 9.71. The van der Waals surface area contributed by atoms with Crippen molar-refractivity contribution in [1.82, 2.24) is 20.0 Å². The number of likely N-dealkylation sites (N-methyl/N-ethyl adjacent to an activating group) is 1. The lowest BCUT2D eigenvalue weighted by molar-refractivity contribution is -0.604. The topological polar surface area (TPSA) is 116 Å². The van der Waals surface area contributed by atoms with Crippen LogP contribution in [0.4, 0.5) is 5.82 Å². The molecule has 0 radical (unpaired) electrons. The number of benzene rings is 1. The van der Waals surface area contributed by atoms with Crippen molar-refractivity contribution in [1.29, 1.82) is 5.41 Å². The summed E-state index contributed by atoms with van der Waals surface area (Å²) in [5, 5.41) is 28.7. The number of anilines is 1. The molecule has 1 atom stereocenters. The lowest BCUT2D eigenvalue weighted by Gasteiger charge is -2.48. The average molecular weight is 479 g/mol. The van der Waals surface area contributed by atoms with E-state index in [0.29, 0.717) is 12.3 Å². The number of phenolic OH excluding ortho intramolecular Hbond substituents is 1. The Morgan fingerprint density at radius 1 is 1.31 bits per heavy atom. The molecule has 3 heterocycles. The van der Waals surface area contributed by atoms with Crippen LogP contribution in [-0.4, -0.2) is 77.5 Å². The predicted molar refractivity (Wildman–Crippen MR) is 135 cm³/mol. The fourth-order valence-corrected chi connectivity index (χ4v) is 5.99. The maximum Gasteiger partial charge on any atom is 0.271 e. The molecule has 3 aliphatic rings. The first-order valence-electron chi connectivity index (χ1n) is 12.5. The van der Waals surface area contributed by atoms with Gasteiger partial charge in [-0.1, -0.05) is 6.07 Å². The van der Waals surface area contributed by atoms with Crippen molar-refractivity contribution in [2.45, 2.75) is 44.2 Å². The molecule has 9 nitrogen and oxygen atoms in total. The molecule has 1 aromatic heterocycles. The quantitative estimate of drug-likeness (QED) is 0.493. The van der Waals surface area contributed by atoms with Crippen molar-refractivity contribution in [2.24, 2.45) is 0 Å². The minimum absolute atomic E-state index is 0.00745. The van der Waals surface area contributed by atoms with Gasteiger partial charge in [0.15, 0.2) is 5.82 Å². The smallest absolute Gasteiger partial charge is 0.271 e. The molecule has 1 aromatic carbocycles. The van der Waals surface area contributed by atoms with E-state index in [9.17, 15) is 9.90 Å². The van der Waals surface area contributed by atoms with Crippen LogP contribution in [-0.2, 0) is 29.7 Å². The van der Waals surface area contributed by atoms with E-state index in [1.807, 2.05) is 6.07 Å². The van der Waals surface area contributed by atoms with Gasteiger partial charge in [0.1, 0.15) is 17.2 Å². The summed E-state index contributed by atoms with van der Waals surface area (Å²) in [4.78, 5) is 18.3. The molecule has 186 valence electrons. The molecule has 2 aromatic rings. The highest BCUT2D eigenvalue weighted by Crippen LogP contribution is 2.47. The summed E-state index contributed by atoms with van der Waals surface area (Å²) in [6.07, 6.45) is 6.78. The third kappa shape index (κ3) is 4.23. The fourth-order valence-electron chi connectivity index (χ4n) is 5.99. The normalized spacial score (nSPS) is 23.6. The van der Waals surface area contributed by atoms with Gasteiger partial charge in [-0.2, -0.15) is 5.10 Å². The maximum absolute atomic E-state index is 12.2. The van der Waals surface area contributed by atoms with Crippen LogP contribution in [0.5, 0.6) is 5.75 Å². The maximum atomic E-state index is 12.2. The second-order valence-corrected chi connectivity index (χ2v) is 10.4. The van der Waals surface area contributed by atoms with Crippen LogP contribution in [0.1, 0.15) is 41.6 Å². The van der Waals surface area contributed by atoms with E-state index in [-0.39, 0.29) is 17.2 Å². The third-order valence-corrected chi connectivity index (χ3v) is 7.84. The number of rotatable bonds is 3. The molecule has 1 fully saturated rings. The molecule has 1 amide bonds. The highest BCUT2D eigenvalue weighted by Gasteiger charge is 2.45. The van der Waals surface area contributed by atoms with Crippen LogP contribution in [0.15, 0.2) is 30.0 Å². The van der Waals surface area contributed by atoms with E-state index in [1.165, 1.54) is 27.3 Å². The summed E-state index contributed by atoms with van der Waals surface area (Å²) in [7, 11) is 5.53. The monoisotopic (exact) mass is 478 g/mol. The van der Waals surface area contributed by atoms with Crippen LogP contribution < -0.4 is 10.2 Å². The number of aromatic nitrogens is 2. The molecule has 5 rings (SSSR count). The van der Waals surface area contributed by atoms with Crippen LogP contribution >= 0.6 is 0 Å². The predicted octanol–water partition coefficient (Wildman–Crippen LogP) is 1.10. The summed E-state index contributed by atoms with van der Waals surface area (Å²) in [6, 6.07) is 5.83. The van der Waals surface area contributed by atoms with Gasteiger partial charge in [-0.25, -0.2) is 0 Å². The molecular weight excluding hydrogens is 442 g/mol. The zero-order valence-electron chi connectivity index (χ0n) is 20.9. The molecule has 0 saturated carbocycles. The second-order valence-electron chi connectivity index (χ2n) is 10.4.